The van der Waals surface area contributed by atoms with Gasteiger partial charge in [-0.05, 0) is 6.92 Å². The van der Waals surface area contributed by atoms with Gasteiger partial charge in [0.1, 0.15) is 6.54 Å². The molecule has 0 aromatic carbocycles. The molecule has 0 saturated heterocycles. The van der Waals surface area contributed by atoms with Crippen LogP contribution in [0.3, 0.4) is 0 Å². The highest BCUT2D eigenvalue weighted by Crippen LogP contribution is 2.15. The van der Waals surface area contributed by atoms with Gasteiger partial charge < -0.3 is 19.5 Å². The van der Waals surface area contributed by atoms with Gasteiger partial charge >= 0.3 is 0 Å². The van der Waals surface area contributed by atoms with Crippen molar-refractivity contribution in [3.63, 3.8) is 0 Å². The Hall–Kier alpha value is -0.940. The first-order valence-electron chi connectivity index (χ1n) is 4.30. The van der Waals surface area contributed by atoms with Crippen LogP contribution in [-0.4, -0.2) is 54.6 Å². The third kappa shape index (κ3) is 4.34. The van der Waals surface area contributed by atoms with E-state index in [1.165, 1.54) is 6.92 Å². The number of carboxylic acids is 1. The summed E-state index contributed by atoms with van der Waals surface area (Å²) in [4.78, 5) is 21.5. The van der Waals surface area contributed by atoms with Crippen molar-refractivity contribution in [3.05, 3.63) is 0 Å². The van der Waals surface area contributed by atoms with Crippen molar-refractivity contribution in [2.24, 2.45) is 0 Å². The lowest BCUT2D eigenvalue weighted by Crippen LogP contribution is -2.55. The zero-order valence-electron chi connectivity index (χ0n) is 9.03. The van der Waals surface area contributed by atoms with E-state index in [2.05, 4.69) is 0 Å². The second kappa shape index (κ2) is 4.06. The maximum absolute atomic E-state index is 11.1. The number of likely N-dealkylation sites (N-methyl/N-ethyl adjacent to an activating group) is 1. The highest BCUT2D eigenvalue weighted by atomic mass is 16.4. The van der Waals surface area contributed by atoms with E-state index in [1.54, 1.807) is 21.1 Å². The molecule has 0 bridgehead atoms. The number of hydrogen-bond acceptors (Lipinski definition) is 4. The van der Waals surface area contributed by atoms with Gasteiger partial charge in [-0.2, -0.15) is 0 Å². The molecule has 0 fully saturated rings. The smallest absolute Gasteiger partial charge is 0.176 e. The molecule has 14 heavy (non-hydrogen) atoms. The summed E-state index contributed by atoms with van der Waals surface area (Å²) in [7, 11) is 5.30. The van der Waals surface area contributed by atoms with Crippen LogP contribution in [0.4, 0.5) is 0 Å². The Morgan fingerprint density at radius 3 is 2.00 bits per heavy atom. The van der Waals surface area contributed by atoms with Crippen LogP contribution in [0.15, 0.2) is 0 Å². The first kappa shape index (κ1) is 13.1. The van der Waals surface area contributed by atoms with Crippen molar-refractivity contribution in [1.29, 1.82) is 0 Å². The van der Waals surface area contributed by atoms with Gasteiger partial charge in [0.15, 0.2) is 11.4 Å². The number of hydrogen-bond donors (Lipinski definition) is 1. The number of carbonyl (C=O) groups excluding carboxylic acids is 2. The zero-order chi connectivity index (χ0) is 11.6. The minimum atomic E-state index is -1.82. The van der Waals surface area contributed by atoms with Gasteiger partial charge in [-0.3, -0.25) is 4.79 Å². The van der Waals surface area contributed by atoms with E-state index in [1.807, 2.05) is 0 Å². The molecule has 0 aliphatic carbocycles. The number of rotatable bonds is 5. The van der Waals surface area contributed by atoms with E-state index in [4.69, 9.17) is 0 Å². The van der Waals surface area contributed by atoms with Crippen molar-refractivity contribution in [2.75, 3.05) is 27.7 Å². The van der Waals surface area contributed by atoms with Crippen LogP contribution in [0.1, 0.15) is 13.3 Å². The molecule has 1 N–H and O–H groups in total. The molecule has 0 aromatic heterocycles. The molecule has 0 amide bonds. The molecule has 0 aromatic rings. The van der Waals surface area contributed by atoms with Gasteiger partial charge in [-0.1, -0.05) is 0 Å². The van der Waals surface area contributed by atoms with Gasteiger partial charge in [0.25, 0.3) is 0 Å². The van der Waals surface area contributed by atoms with Crippen molar-refractivity contribution in [1.82, 2.24) is 0 Å². The molecular weight excluding hydrogens is 186 g/mol. The number of carbonyl (C=O) groups is 2. The summed E-state index contributed by atoms with van der Waals surface area (Å²) >= 11 is 0. The van der Waals surface area contributed by atoms with E-state index in [9.17, 15) is 19.8 Å². The van der Waals surface area contributed by atoms with E-state index < -0.39 is 23.8 Å². The van der Waals surface area contributed by atoms with E-state index in [0.717, 1.165) is 0 Å². The molecule has 0 rings (SSSR count). The van der Waals surface area contributed by atoms with Crippen LogP contribution >= 0.6 is 0 Å². The molecule has 0 saturated carbocycles. The van der Waals surface area contributed by atoms with Crippen LogP contribution in [0.25, 0.3) is 0 Å². The van der Waals surface area contributed by atoms with Gasteiger partial charge in [0.2, 0.25) is 0 Å². The van der Waals surface area contributed by atoms with Crippen molar-refractivity contribution >= 4 is 11.8 Å². The Labute approximate surface area is 83.5 Å². The fourth-order valence-corrected chi connectivity index (χ4v) is 1.32. The van der Waals surface area contributed by atoms with E-state index >= 15 is 0 Å². The summed E-state index contributed by atoms with van der Waals surface area (Å²) in [5.41, 5.74) is -1.82. The summed E-state index contributed by atoms with van der Waals surface area (Å²) in [5, 5.41) is 20.2. The first-order chi connectivity index (χ1) is 6.07. The van der Waals surface area contributed by atoms with Crippen molar-refractivity contribution < 1.29 is 24.3 Å². The highest BCUT2D eigenvalue weighted by molar-refractivity contribution is 5.88. The second-order valence-electron chi connectivity index (χ2n) is 4.58. The number of aliphatic hydroxyl groups is 1. The number of ketones is 1. The Balaban J connectivity index is 4.73. The topological polar surface area (TPSA) is 77.4 Å². The number of carboxylic acid groups (broad SMARTS) is 1. The second-order valence-corrected chi connectivity index (χ2v) is 4.58. The average molecular weight is 203 g/mol. The summed E-state index contributed by atoms with van der Waals surface area (Å²) in [6.45, 7) is 1.23. The molecule has 1 atom stereocenters. The molecule has 1 unspecified atom stereocenters. The molecule has 82 valence electrons. The fraction of sp³-hybridized carbons (Fsp3) is 0.778. The lowest BCUT2D eigenvalue weighted by atomic mass is 9.94. The maximum Gasteiger partial charge on any atom is 0.176 e. The van der Waals surface area contributed by atoms with Crippen molar-refractivity contribution in [3.8, 4) is 0 Å². The summed E-state index contributed by atoms with van der Waals surface area (Å²) < 4.78 is 0.309. The minimum Gasteiger partial charge on any atom is -0.550 e. The molecule has 0 radical (unpaired) electrons. The van der Waals surface area contributed by atoms with E-state index in [-0.39, 0.29) is 6.54 Å². The molecular formula is C9H17NO4. The minimum absolute atomic E-state index is 0.0519. The van der Waals surface area contributed by atoms with Gasteiger partial charge in [-0.25, -0.2) is 0 Å². The predicted molar refractivity (Wildman–Crippen MR) is 48.2 cm³/mol. The van der Waals surface area contributed by atoms with Gasteiger partial charge in [0, 0.05) is 12.4 Å². The normalized spacial score (nSPS) is 16.1. The molecule has 5 heteroatoms. The molecule has 0 aliphatic rings. The Morgan fingerprint density at radius 1 is 1.36 bits per heavy atom. The quantitative estimate of drug-likeness (QED) is 0.532. The van der Waals surface area contributed by atoms with Crippen LogP contribution < -0.4 is 5.11 Å². The first-order valence-corrected chi connectivity index (χ1v) is 4.30. The maximum atomic E-state index is 11.1. The summed E-state index contributed by atoms with van der Waals surface area (Å²) in [6, 6.07) is 0. The Morgan fingerprint density at radius 2 is 1.79 bits per heavy atom. The predicted octanol–water partition coefficient (Wildman–Crippen LogP) is -1.85. The average Bonchev–Trinajstić information content (AvgIpc) is 1.79. The summed E-state index contributed by atoms with van der Waals surface area (Å²) in [6.07, 6.45) is -0.655. The fourth-order valence-electron chi connectivity index (χ4n) is 1.32. The molecule has 0 heterocycles. The van der Waals surface area contributed by atoms with Crippen LogP contribution in [-0.2, 0) is 9.59 Å². The van der Waals surface area contributed by atoms with Crippen LogP contribution in [0, 0.1) is 0 Å². The molecule has 5 nitrogen and oxygen atoms in total. The van der Waals surface area contributed by atoms with E-state index in [0.29, 0.717) is 4.48 Å². The van der Waals surface area contributed by atoms with Gasteiger partial charge in [-0.15, -0.1) is 0 Å². The third-order valence-corrected chi connectivity index (χ3v) is 1.83. The number of quaternary nitrogens is 1. The van der Waals surface area contributed by atoms with Crippen LogP contribution in [0.2, 0.25) is 0 Å². The SMILES string of the molecule is CC(=O)C(O)(CC(=O)[O-])C[N+](C)(C)C. The van der Waals surface area contributed by atoms with Crippen molar-refractivity contribution in [2.45, 2.75) is 18.9 Å². The lowest BCUT2D eigenvalue weighted by Gasteiger charge is -2.34. The number of nitrogens with zero attached hydrogens (tertiary/aromatic N) is 1. The summed E-state index contributed by atoms with van der Waals surface area (Å²) in [5.74, 6) is -1.97. The Kier molecular flexibility index (Phi) is 3.79. The highest BCUT2D eigenvalue weighted by Gasteiger charge is 2.38. The monoisotopic (exact) mass is 203 g/mol. The molecule has 0 aliphatic heterocycles. The standard InChI is InChI=1S/C9H17NO4/c1-7(11)9(14,5-8(12)13)6-10(2,3)4/h14H,5-6H2,1-4H3. The largest absolute Gasteiger partial charge is 0.550 e. The molecule has 0 spiro atoms. The number of aliphatic carboxylic acids is 1. The lowest BCUT2D eigenvalue weighted by molar-refractivity contribution is -0.875. The van der Waals surface area contributed by atoms with Gasteiger partial charge in [0.05, 0.1) is 21.1 Å². The number of Topliss-reactive ketones (excluding diaryl/α,β-unsaturated/α-hetero) is 1. The Bertz CT molecular complexity index is 244. The zero-order valence-corrected chi connectivity index (χ0v) is 9.03. The third-order valence-electron chi connectivity index (χ3n) is 1.83. The van der Waals surface area contributed by atoms with Crippen LogP contribution in [0.5, 0.6) is 0 Å².